The predicted octanol–water partition coefficient (Wildman–Crippen LogP) is 3.59. The van der Waals surface area contributed by atoms with Gasteiger partial charge >= 0.3 is 0 Å². The maximum absolute atomic E-state index is 3.54. The van der Waals surface area contributed by atoms with Gasteiger partial charge in [-0.2, -0.15) is 0 Å². The second-order valence-corrected chi connectivity index (χ2v) is 5.71. The highest BCUT2D eigenvalue weighted by Gasteiger charge is 2.19. The van der Waals surface area contributed by atoms with Crippen molar-refractivity contribution in [3.05, 3.63) is 52.3 Å². The Morgan fingerprint density at radius 2 is 2.22 bits per heavy atom. The number of halogens is 1. The minimum Gasteiger partial charge on any atom is -0.365 e. The summed E-state index contributed by atoms with van der Waals surface area (Å²) in [6.45, 7) is 2.10. The first-order chi connectivity index (χ1) is 8.83. The SMILES string of the molecule is Brc1ccc2c(c1)CCN2CC1=CCCC=CN1. The monoisotopic (exact) mass is 304 g/mol. The van der Waals surface area contributed by atoms with E-state index >= 15 is 0 Å². The number of nitrogens with one attached hydrogen (secondary N) is 1. The van der Waals surface area contributed by atoms with E-state index in [1.165, 1.54) is 21.4 Å². The standard InChI is InChI=1S/C15H17BrN2/c16-13-5-6-15-12(10-13)7-9-18(15)11-14-4-2-1-3-8-17-14/h3-6,8,10,17H,1-2,7,9,11H2. The number of rotatable bonds is 2. The molecule has 1 aromatic rings. The zero-order valence-corrected chi connectivity index (χ0v) is 11.9. The van der Waals surface area contributed by atoms with Crippen LogP contribution in [0, 0.1) is 0 Å². The van der Waals surface area contributed by atoms with Crippen molar-refractivity contribution in [1.82, 2.24) is 5.32 Å². The molecule has 1 aromatic carbocycles. The predicted molar refractivity (Wildman–Crippen MR) is 79.7 cm³/mol. The number of fused-ring (bicyclic) bond motifs is 1. The van der Waals surface area contributed by atoms with E-state index in [-0.39, 0.29) is 0 Å². The van der Waals surface area contributed by atoms with Crippen molar-refractivity contribution in [3.8, 4) is 0 Å². The molecule has 0 amide bonds. The fourth-order valence-corrected chi connectivity index (χ4v) is 2.99. The molecule has 2 aliphatic heterocycles. The van der Waals surface area contributed by atoms with E-state index in [0.717, 1.165) is 32.4 Å². The van der Waals surface area contributed by atoms with E-state index in [0.29, 0.717) is 0 Å². The molecule has 18 heavy (non-hydrogen) atoms. The second kappa shape index (κ2) is 5.19. The van der Waals surface area contributed by atoms with Crippen molar-refractivity contribution >= 4 is 21.6 Å². The van der Waals surface area contributed by atoms with Crippen LogP contribution in [0.5, 0.6) is 0 Å². The van der Waals surface area contributed by atoms with Gasteiger partial charge < -0.3 is 10.2 Å². The average Bonchev–Trinajstić information content (AvgIpc) is 2.59. The van der Waals surface area contributed by atoms with Gasteiger partial charge in [-0.3, -0.25) is 0 Å². The third kappa shape index (κ3) is 2.46. The number of benzene rings is 1. The van der Waals surface area contributed by atoms with E-state index in [1.807, 2.05) is 0 Å². The summed E-state index contributed by atoms with van der Waals surface area (Å²) in [5, 5.41) is 3.38. The lowest BCUT2D eigenvalue weighted by Crippen LogP contribution is -2.27. The normalized spacial score (nSPS) is 18.1. The molecule has 0 fully saturated rings. The van der Waals surface area contributed by atoms with Crippen LogP contribution in [-0.2, 0) is 6.42 Å². The van der Waals surface area contributed by atoms with Crippen LogP contribution in [0.4, 0.5) is 5.69 Å². The van der Waals surface area contributed by atoms with Crippen molar-refractivity contribution < 1.29 is 0 Å². The number of anilines is 1. The van der Waals surface area contributed by atoms with E-state index in [2.05, 4.69) is 62.7 Å². The fourth-order valence-electron chi connectivity index (χ4n) is 2.58. The summed E-state index contributed by atoms with van der Waals surface area (Å²) in [6.07, 6.45) is 10.0. The molecule has 0 atom stereocenters. The van der Waals surface area contributed by atoms with Crippen LogP contribution in [0.1, 0.15) is 18.4 Å². The second-order valence-electron chi connectivity index (χ2n) is 4.80. The highest BCUT2D eigenvalue weighted by Crippen LogP contribution is 2.30. The molecule has 0 unspecified atom stereocenters. The quantitative estimate of drug-likeness (QED) is 0.898. The summed E-state index contributed by atoms with van der Waals surface area (Å²) < 4.78 is 1.18. The Morgan fingerprint density at radius 1 is 1.28 bits per heavy atom. The first-order valence-electron chi connectivity index (χ1n) is 6.47. The van der Waals surface area contributed by atoms with Gasteiger partial charge in [0, 0.05) is 22.4 Å². The number of nitrogens with zero attached hydrogens (tertiary/aromatic N) is 1. The summed E-state index contributed by atoms with van der Waals surface area (Å²) in [4.78, 5) is 2.46. The Hall–Kier alpha value is -1.22. The third-order valence-electron chi connectivity index (χ3n) is 3.51. The summed E-state index contributed by atoms with van der Waals surface area (Å²) in [5.74, 6) is 0. The highest BCUT2D eigenvalue weighted by molar-refractivity contribution is 9.10. The molecular weight excluding hydrogens is 288 g/mol. The number of allylic oxidation sites excluding steroid dienone is 2. The van der Waals surface area contributed by atoms with Crippen LogP contribution < -0.4 is 10.2 Å². The van der Waals surface area contributed by atoms with Crippen molar-refractivity contribution in [1.29, 1.82) is 0 Å². The van der Waals surface area contributed by atoms with E-state index in [4.69, 9.17) is 0 Å². The van der Waals surface area contributed by atoms with Gasteiger partial charge in [-0.1, -0.05) is 28.1 Å². The molecule has 0 bridgehead atoms. The summed E-state index contributed by atoms with van der Waals surface area (Å²) in [7, 11) is 0. The minimum atomic E-state index is 0.985. The molecular formula is C15H17BrN2. The van der Waals surface area contributed by atoms with Crippen LogP contribution in [0.3, 0.4) is 0 Å². The summed E-state index contributed by atoms with van der Waals surface area (Å²) in [5.41, 5.74) is 4.16. The van der Waals surface area contributed by atoms with Gasteiger partial charge in [0.2, 0.25) is 0 Å². The topological polar surface area (TPSA) is 15.3 Å². The molecule has 3 heteroatoms. The molecule has 2 aliphatic rings. The Morgan fingerprint density at radius 3 is 3.17 bits per heavy atom. The molecule has 2 nitrogen and oxygen atoms in total. The van der Waals surface area contributed by atoms with Crippen molar-refractivity contribution in [3.63, 3.8) is 0 Å². The first kappa shape index (κ1) is 11.8. The van der Waals surface area contributed by atoms with Gasteiger partial charge in [-0.15, -0.1) is 0 Å². The molecule has 0 saturated carbocycles. The number of hydrogen-bond acceptors (Lipinski definition) is 2. The molecule has 2 heterocycles. The average molecular weight is 305 g/mol. The van der Waals surface area contributed by atoms with Crippen molar-refractivity contribution in [2.24, 2.45) is 0 Å². The lowest BCUT2D eigenvalue weighted by Gasteiger charge is -2.21. The van der Waals surface area contributed by atoms with E-state index in [1.54, 1.807) is 0 Å². The zero-order chi connectivity index (χ0) is 12.4. The molecule has 0 aliphatic carbocycles. The lowest BCUT2D eigenvalue weighted by atomic mass is 10.2. The molecule has 0 spiro atoms. The van der Waals surface area contributed by atoms with E-state index in [9.17, 15) is 0 Å². The molecule has 0 aromatic heterocycles. The van der Waals surface area contributed by atoms with Crippen molar-refractivity contribution in [2.45, 2.75) is 19.3 Å². The molecule has 0 saturated heterocycles. The first-order valence-corrected chi connectivity index (χ1v) is 7.26. The zero-order valence-electron chi connectivity index (χ0n) is 10.3. The van der Waals surface area contributed by atoms with Crippen LogP contribution in [0.25, 0.3) is 0 Å². The van der Waals surface area contributed by atoms with Crippen LogP contribution in [0.15, 0.2) is 46.7 Å². The van der Waals surface area contributed by atoms with Gasteiger partial charge in [0.25, 0.3) is 0 Å². The maximum Gasteiger partial charge on any atom is 0.0576 e. The smallest absolute Gasteiger partial charge is 0.0576 e. The summed E-state index contributed by atoms with van der Waals surface area (Å²) >= 11 is 3.54. The number of hydrogen-bond donors (Lipinski definition) is 1. The van der Waals surface area contributed by atoms with E-state index < -0.39 is 0 Å². The van der Waals surface area contributed by atoms with Crippen LogP contribution in [0.2, 0.25) is 0 Å². The molecule has 94 valence electrons. The summed E-state index contributed by atoms with van der Waals surface area (Å²) in [6, 6.07) is 6.59. The van der Waals surface area contributed by atoms with Gasteiger partial charge in [0.05, 0.1) is 6.54 Å². The lowest BCUT2D eigenvalue weighted by molar-refractivity contribution is 0.838. The van der Waals surface area contributed by atoms with Crippen LogP contribution in [-0.4, -0.2) is 13.1 Å². The van der Waals surface area contributed by atoms with Crippen molar-refractivity contribution in [2.75, 3.05) is 18.0 Å². The van der Waals surface area contributed by atoms with Gasteiger partial charge in [-0.25, -0.2) is 0 Å². The Labute approximate surface area is 117 Å². The largest absolute Gasteiger partial charge is 0.365 e. The van der Waals surface area contributed by atoms with Gasteiger partial charge in [-0.05, 0) is 49.2 Å². The van der Waals surface area contributed by atoms with Gasteiger partial charge in [0.1, 0.15) is 0 Å². The molecule has 1 N–H and O–H groups in total. The molecule has 0 radical (unpaired) electrons. The Bertz CT molecular complexity index is 505. The van der Waals surface area contributed by atoms with Crippen LogP contribution >= 0.6 is 15.9 Å². The Kier molecular flexibility index (Phi) is 3.41. The molecule has 3 rings (SSSR count). The third-order valence-corrected chi connectivity index (χ3v) is 4.00. The highest BCUT2D eigenvalue weighted by atomic mass is 79.9. The Balaban J connectivity index is 1.76. The fraction of sp³-hybridized carbons (Fsp3) is 0.333. The van der Waals surface area contributed by atoms with Gasteiger partial charge in [0.15, 0.2) is 0 Å². The minimum absolute atomic E-state index is 0.985. The maximum atomic E-state index is 3.54.